The van der Waals surface area contributed by atoms with Crippen molar-refractivity contribution in [2.24, 2.45) is 5.73 Å². The maximum atomic E-state index is 12.3. The number of hydrogen-bond donors (Lipinski definition) is 3. The molecule has 0 bridgehead atoms. The number of thiophene rings is 1. The lowest BCUT2D eigenvalue weighted by molar-refractivity contribution is -0.121. The molecular formula is C24H25N3O3S2. The summed E-state index contributed by atoms with van der Waals surface area (Å²) in [5.41, 5.74) is 9.91. The summed E-state index contributed by atoms with van der Waals surface area (Å²) >= 11 is 6.67. The fraction of sp³-hybridized carbons (Fsp3) is 0.208. The van der Waals surface area contributed by atoms with Crippen molar-refractivity contribution in [3.63, 3.8) is 0 Å². The normalized spacial score (nSPS) is 10.5. The number of nitrogens with two attached hydrogens (primary N) is 1. The fourth-order valence-electron chi connectivity index (χ4n) is 3.20. The predicted molar refractivity (Wildman–Crippen MR) is 133 cm³/mol. The molecule has 2 amide bonds. The average Bonchev–Trinajstić information content (AvgIpc) is 3.04. The van der Waals surface area contributed by atoms with Crippen LogP contribution in [0.4, 0.5) is 5.00 Å². The minimum absolute atomic E-state index is 0.0783. The van der Waals surface area contributed by atoms with E-state index in [2.05, 4.69) is 10.6 Å². The number of primary amides is 1. The van der Waals surface area contributed by atoms with Crippen LogP contribution in [0.1, 0.15) is 37.5 Å². The lowest BCUT2D eigenvalue weighted by Crippen LogP contribution is -2.37. The Hall–Kier alpha value is -3.23. The van der Waals surface area contributed by atoms with Gasteiger partial charge in [-0.3, -0.25) is 14.9 Å². The largest absolute Gasteiger partial charge is 0.483 e. The van der Waals surface area contributed by atoms with Gasteiger partial charge in [0.2, 0.25) is 0 Å². The quantitative estimate of drug-likeness (QED) is 0.452. The molecule has 0 aliphatic carbocycles. The van der Waals surface area contributed by atoms with Crippen LogP contribution in [0, 0.1) is 20.8 Å². The Kier molecular flexibility index (Phi) is 7.61. The van der Waals surface area contributed by atoms with Crippen LogP contribution in [0.15, 0.2) is 48.5 Å². The molecule has 3 aromatic rings. The lowest BCUT2D eigenvalue weighted by atomic mass is 10.1. The van der Waals surface area contributed by atoms with Gasteiger partial charge in [-0.05, 0) is 61.3 Å². The number of thiocarbonyl (C=S) groups is 1. The predicted octanol–water partition coefficient (Wildman–Crippen LogP) is 4.26. The van der Waals surface area contributed by atoms with Crippen LogP contribution in [-0.2, 0) is 11.2 Å². The van der Waals surface area contributed by atoms with Gasteiger partial charge in [-0.25, -0.2) is 0 Å². The van der Waals surface area contributed by atoms with Gasteiger partial charge in [0, 0.05) is 11.3 Å². The van der Waals surface area contributed by atoms with E-state index < -0.39 is 11.8 Å². The zero-order chi connectivity index (χ0) is 23.3. The highest BCUT2D eigenvalue weighted by Gasteiger charge is 2.20. The van der Waals surface area contributed by atoms with Gasteiger partial charge in [-0.2, -0.15) is 0 Å². The molecule has 32 heavy (non-hydrogen) atoms. The zero-order valence-corrected chi connectivity index (χ0v) is 19.8. The third-order valence-corrected chi connectivity index (χ3v) is 6.29. The van der Waals surface area contributed by atoms with Gasteiger partial charge in [0.1, 0.15) is 10.8 Å². The summed E-state index contributed by atoms with van der Waals surface area (Å²) in [6.45, 7) is 5.55. The van der Waals surface area contributed by atoms with E-state index in [-0.39, 0.29) is 11.7 Å². The summed E-state index contributed by atoms with van der Waals surface area (Å²) < 4.78 is 5.61. The summed E-state index contributed by atoms with van der Waals surface area (Å²) in [4.78, 5) is 25.4. The van der Waals surface area contributed by atoms with Crippen molar-refractivity contribution in [1.29, 1.82) is 0 Å². The van der Waals surface area contributed by atoms with E-state index in [0.29, 0.717) is 22.7 Å². The van der Waals surface area contributed by atoms with Crippen LogP contribution >= 0.6 is 23.6 Å². The van der Waals surface area contributed by atoms with Gasteiger partial charge in [0.15, 0.2) is 11.7 Å². The number of rotatable bonds is 7. The van der Waals surface area contributed by atoms with E-state index in [1.54, 1.807) is 0 Å². The molecule has 0 saturated carbocycles. The number of benzene rings is 2. The number of carbonyl (C=O) groups is 2. The monoisotopic (exact) mass is 467 g/mol. The highest BCUT2D eigenvalue weighted by molar-refractivity contribution is 7.80. The van der Waals surface area contributed by atoms with Crippen LogP contribution in [0.5, 0.6) is 5.75 Å². The number of hydrogen-bond acceptors (Lipinski definition) is 5. The molecule has 0 spiro atoms. The van der Waals surface area contributed by atoms with Crippen molar-refractivity contribution < 1.29 is 14.3 Å². The van der Waals surface area contributed by atoms with Crippen molar-refractivity contribution in [3.8, 4) is 5.75 Å². The second kappa shape index (κ2) is 10.4. The van der Waals surface area contributed by atoms with Crippen molar-refractivity contribution >= 4 is 45.5 Å². The molecule has 1 aromatic heterocycles. The maximum Gasteiger partial charge on any atom is 0.264 e. The van der Waals surface area contributed by atoms with Crippen LogP contribution < -0.4 is 21.1 Å². The number of anilines is 1. The molecule has 8 heteroatoms. The lowest BCUT2D eigenvalue weighted by Gasteiger charge is -2.12. The minimum Gasteiger partial charge on any atom is -0.483 e. The molecule has 2 aromatic carbocycles. The van der Waals surface area contributed by atoms with Crippen molar-refractivity contribution in [1.82, 2.24) is 5.32 Å². The molecule has 166 valence electrons. The Labute approximate surface area is 196 Å². The zero-order valence-electron chi connectivity index (χ0n) is 18.2. The summed E-state index contributed by atoms with van der Waals surface area (Å²) in [5.74, 6) is -0.302. The Morgan fingerprint density at radius 3 is 2.50 bits per heavy atom. The van der Waals surface area contributed by atoms with Crippen molar-refractivity contribution in [2.75, 3.05) is 11.9 Å². The molecule has 6 nitrogen and oxygen atoms in total. The Balaban J connectivity index is 1.66. The van der Waals surface area contributed by atoms with Gasteiger partial charge < -0.3 is 15.8 Å². The third-order valence-electron chi connectivity index (χ3n) is 4.88. The average molecular weight is 468 g/mol. The van der Waals surface area contributed by atoms with Crippen LogP contribution in [-0.4, -0.2) is 23.5 Å². The molecule has 3 rings (SSSR count). The van der Waals surface area contributed by atoms with Gasteiger partial charge in [-0.15, -0.1) is 11.3 Å². The first-order chi connectivity index (χ1) is 15.2. The first-order valence-corrected chi connectivity index (χ1v) is 11.2. The summed E-state index contributed by atoms with van der Waals surface area (Å²) in [5, 5.41) is 6.13. The van der Waals surface area contributed by atoms with Crippen molar-refractivity contribution in [2.45, 2.75) is 27.2 Å². The second-order valence-electron chi connectivity index (χ2n) is 7.44. The number of amides is 2. The molecule has 0 aliphatic rings. The SMILES string of the molecule is Cc1ccc(C)c(OCC(=O)NC(=S)Nc2sc(Cc3ccccc3)c(C)c2C(N)=O)c1. The Bertz CT molecular complexity index is 1160. The molecule has 0 atom stereocenters. The summed E-state index contributed by atoms with van der Waals surface area (Å²) in [6.07, 6.45) is 0.669. The maximum absolute atomic E-state index is 12.3. The summed E-state index contributed by atoms with van der Waals surface area (Å²) in [7, 11) is 0. The van der Waals surface area contributed by atoms with E-state index in [4.69, 9.17) is 22.7 Å². The van der Waals surface area contributed by atoms with Gasteiger partial charge in [0.05, 0.1) is 5.56 Å². The number of ether oxygens (including phenoxy) is 1. The van der Waals surface area contributed by atoms with E-state index >= 15 is 0 Å². The molecule has 0 radical (unpaired) electrons. The third kappa shape index (κ3) is 5.93. The molecule has 4 N–H and O–H groups in total. The van der Waals surface area contributed by atoms with E-state index in [9.17, 15) is 9.59 Å². The molecule has 0 aliphatic heterocycles. The molecule has 1 heterocycles. The highest BCUT2D eigenvalue weighted by Crippen LogP contribution is 2.34. The minimum atomic E-state index is -0.548. The Morgan fingerprint density at radius 2 is 1.81 bits per heavy atom. The standard InChI is InChI=1S/C24H25N3O3S2/c1-14-9-10-15(2)18(11-14)30-13-20(28)26-24(31)27-23-21(22(25)29)16(3)19(32-23)12-17-7-5-4-6-8-17/h4-11H,12-13H2,1-3H3,(H2,25,29)(H2,26,27,28,31). The highest BCUT2D eigenvalue weighted by atomic mass is 32.1. The van der Waals surface area contributed by atoms with Gasteiger partial charge >= 0.3 is 0 Å². The van der Waals surface area contributed by atoms with Crippen molar-refractivity contribution in [3.05, 3.63) is 81.2 Å². The van der Waals surface area contributed by atoms with E-state index in [1.807, 2.05) is 69.3 Å². The first kappa shape index (κ1) is 23.4. The number of carbonyl (C=O) groups excluding carboxylic acids is 2. The molecule has 0 saturated heterocycles. The van der Waals surface area contributed by atoms with E-state index in [0.717, 1.165) is 27.1 Å². The van der Waals surface area contributed by atoms with Crippen LogP contribution in [0.25, 0.3) is 0 Å². The molecular weight excluding hydrogens is 442 g/mol. The first-order valence-electron chi connectivity index (χ1n) is 10.0. The number of nitrogens with one attached hydrogen (secondary N) is 2. The fourth-order valence-corrected chi connectivity index (χ4v) is 4.73. The van der Waals surface area contributed by atoms with Crippen LogP contribution in [0.3, 0.4) is 0 Å². The number of aryl methyl sites for hydroxylation is 2. The van der Waals surface area contributed by atoms with Gasteiger partial charge in [-0.1, -0.05) is 42.5 Å². The molecule has 0 unspecified atom stereocenters. The van der Waals surface area contributed by atoms with E-state index in [1.165, 1.54) is 11.3 Å². The molecule has 0 fully saturated rings. The summed E-state index contributed by atoms with van der Waals surface area (Å²) in [6, 6.07) is 15.7. The van der Waals surface area contributed by atoms with Crippen LogP contribution in [0.2, 0.25) is 0 Å². The topological polar surface area (TPSA) is 93.4 Å². The Morgan fingerprint density at radius 1 is 1.09 bits per heavy atom. The second-order valence-corrected chi connectivity index (χ2v) is 8.95. The van der Waals surface area contributed by atoms with Gasteiger partial charge in [0.25, 0.3) is 11.8 Å². The smallest absolute Gasteiger partial charge is 0.264 e.